The van der Waals surface area contributed by atoms with Gasteiger partial charge in [-0.05, 0) is 73.1 Å². The van der Waals surface area contributed by atoms with E-state index >= 15 is 0 Å². The highest BCUT2D eigenvalue weighted by Crippen LogP contribution is 2.63. The summed E-state index contributed by atoms with van der Waals surface area (Å²) in [6.45, 7) is 4.23. The minimum Gasteiger partial charge on any atom is -0.388 e. The van der Waals surface area contributed by atoms with E-state index in [0.717, 1.165) is 97.1 Å². The van der Waals surface area contributed by atoms with E-state index in [1.807, 2.05) is 0 Å². The number of hydrogen-bond acceptors (Lipinski definition) is 3. The van der Waals surface area contributed by atoms with Crippen molar-refractivity contribution >= 4 is 0 Å². The van der Waals surface area contributed by atoms with Crippen LogP contribution in [0.3, 0.4) is 0 Å². The second kappa shape index (κ2) is 7.05. The Bertz CT molecular complexity index is 1100. The van der Waals surface area contributed by atoms with E-state index < -0.39 is 29.5 Å². The Balaban J connectivity index is 1.55. The second-order valence-corrected chi connectivity index (χ2v) is 11.0. The summed E-state index contributed by atoms with van der Waals surface area (Å²) in [5, 5.41) is 11.3. The van der Waals surface area contributed by atoms with Gasteiger partial charge in [0.05, 0.1) is 17.3 Å². The minimum absolute atomic E-state index is 0.148. The molecule has 2 saturated carbocycles. The normalized spacial score (nSPS) is 26.8. The second-order valence-electron chi connectivity index (χ2n) is 11.0. The van der Waals surface area contributed by atoms with Gasteiger partial charge in [0.25, 0.3) is 0 Å². The molecule has 2 fully saturated rings. The van der Waals surface area contributed by atoms with E-state index in [1.54, 1.807) is 12.1 Å². The largest absolute Gasteiger partial charge is 0.416 e. The highest BCUT2D eigenvalue weighted by atomic mass is 19.4. The van der Waals surface area contributed by atoms with Crippen molar-refractivity contribution in [2.75, 3.05) is 0 Å². The molecule has 1 aromatic carbocycles. The van der Waals surface area contributed by atoms with Crippen LogP contribution in [-0.4, -0.2) is 10.1 Å². The van der Waals surface area contributed by atoms with E-state index in [1.165, 1.54) is 0 Å². The number of fused-ring (bicyclic) bond motifs is 4. The molecule has 1 N–H and O–H groups in total. The molecule has 1 unspecified atom stereocenters. The number of alkyl halides is 3. The maximum absolute atomic E-state index is 13.2. The van der Waals surface area contributed by atoms with Crippen molar-refractivity contribution in [2.45, 2.75) is 95.1 Å². The topological polar surface area (TPSA) is 42.4 Å². The average Bonchev–Trinajstić information content (AvgIpc) is 3.19. The summed E-state index contributed by atoms with van der Waals surface area (Å²) < 4.78 is 46.4. The zero-order chi connectivity index (χ0) is 23.2. The fraction of sp³-hybridized carbons (Fsp3) is 0.593. The molecule has 1 aliphatic heterocycles. The molecule has 0 amide bonds. The molecule has 6 heteroatoms. The number of rotatable bonds is 2. The van der Waals surface area contributed by atoms with Gasteiger partial charge in [0.15, 0.2) is 0 Å². The van der Waals surface area contributed by atoms with E-state index in [0.29, 0.717) is 0 Å². The number of aromatic nitrogens is 1. The molecule has 176 valence electrons. The summed E-state index contributed by atoms with van der Waals surface area (Å²) >= 11 is 0. The molecule has 4 aliphatic rings. The van der Waals surface area contributed by atoms with Crippen LogP contribution < -0.4 is 0 Å². The van der Waals surface area contributed by atoms with Crippen molar-refractivity contribution in [3.05, 3.63) is 63.5 Å². The third-order valence-electron chi connectivity index (χ3n) is 8.40. The first-order chi connectivity index (χ1) is 15.6. The number of benzene rings is 1. The Morgan fingerprint density at radius 2 is 1.70 bits per heavy atom. The van der Waals surface area contributed by atoms with Gasteiger partial charge in [-0.15, -0.1) is 0 Å². The smallest absolute Gasteiger partial charge is 0.388 e. The molecule has 2 heterocycles. The van der Waals surface area contributed by atoms with E-state index in [2.05, 4.69) is 13.8 Å². The van der Waals surface area contributed by atoms with E-state index in [9.17, 15) is 18.3 Å². The SMILES string of the molecule is CC(C)c1nc2c(c3c1[C@H](c1ccc(C(F)(F)F)cc1)OC31CCCC1)C(O)CC1(CC1)C2. The lowest BCUT2D eigenvalue weighted by molar-refractivity contribution is -0.137. The summed E-state index contributed by atoms with van der Waals surface area (Å²) in [6, 6.07) is 5.38. The van der Waals surface area contributed by atoms with Crippen LogP contribution in [0.5, 0.6) is 0 Å². The molecule has 2 atom stereocenters. The number of nitrogens with zero attached hydrogens (tertiary/aromatic N) is 1. The van der Waals surface area contributed by atoms with E-state index in [-0.39, 0.29) is 11.3 Å². The van der Waals surface area contributed by atoms with Crippen LogP contribution in [0.15, 0.2) is 24.3 Å². The number of pyridine rings is 1. The van der Waals surface area contributed by atoms with Crippen molar-refractivity contribution in [1.82, 2.24) is 4.98 Å². The highest BCUT2D eigenvalue weighted by Gasteiger charge is 2.55. The van der Waals surface area contributed by atoms with Crippen LogP contribution in [0.2, 0.25) is 0 Å². The van der Waals surface area contributed by atoms with Crippen LogP contribution in [0, 0.1) is 5.41 Å². The lowest BCUT2D eigenvalue weighted by atomic mass is 9.74. The lowest BCUT2D eigenvalue weighted by Crippen LogP contribution is -2.29. The average molecular weight is 458 g/mol. The fourth-order valence-corrected chi connectivity index (χ4v) is 6.61. The molecule has 1 aromatic heterocycles. The van der Waals surface area contributed by atoms with Gasteiger partial charge in [-0.1, -0.05) is 38.8 Å². The maximum Gasteiger partial charge on any atom is 0.416 e. The molecule has 0 saturated heterocycles. The predicted molar refractivity (Wildman–Crippen MR) is 118 cm³/mol. The Kier molecular flexibility index (Phi) is 4.61. The number of ether oxygens (including phenoxy) is 1. The van der Waals surface area contributed by atoms with Crippen molar-refractivity contribution in [3.8, 4) is 0 Å². The third kappa shape index (κ3) is 3.28. The standard InChI is InChI=1S/C27H30F3NO2/c1-15(2)23-21-22(20-18(31-23)13-25(11-12-25)14-19(20)32)26(9-3-4-10-26)33-24(21)16-5-7-17(8-6-16)27(28,29)30/h5-8,15,19,24,32H,3-4,9-14H2,1-2H3/t19?,24-/m0/s1. The van der Waals surface area contributed by atoms with Gasteiger partial charge in [0.2, 0.25) is 0 Å². The van der Waals surface area contributed by atoms with Crippen LogP contribution in [0.4, 0.5) is 13.2 Å². The maximum atomic E-state index is 13.2. The molecular weight excluding hydrogens is 427 g/mol. The van der Waals surface area contributed by atoms with Gasteiger partial charge in [-0.25, -0.2) is 0 Å². The summed E-state index contributed by atoms with van der Waals surface area (Å²) in [4.78, 5) is 5.14. The molecule has 3 nitrogen and oxygen atoms in total. The molecule has 6 rings (SSSR count). The van der Waals surface area contributed by atoms with Gasteiger partial charge in [0.1, 0.15) is 6.10 Å². The summed E-state index contributed by atoms with van der Waals surface area (Å²) in [5.74, 6) is 0.148. The molecule has 0 bridgehead atoms. The van der Waals surface area contributed by atoms with Crippen molar-refractivity contribution < 1.29 is 23.0 Å². The number of aliphatic hydroxyl groups is 1. The fourth-order valence-electron chi connectivity index (χ4n) is 6.61. The van der Waals surface area contributed by atoms with E-state index in [4.69, 9.17) is 9.72 Å². The Morgan fingerprint density at radius 1 is 1.03 bits per heavy atom. The van der Waals surface area contributed by atoms with Crippen molar-refractivity contribution in [2.24, 2.45) is 5.41 Å². The molecule has 3 aliphatic carbocycles. The highest BCUT2D eigenvalue weighted by molar-refractivity contribution is 5.55. The summed E-state index contributed by atoms with van der Waals surface area (Å²) in [7, 11) is 0. The van der Waals surface area contributed by atoms with Gasteiger partial charge < -0.3 is 9.84 Å². The first-order valence-corrected chi connectivity index (χ1v) is 12.2. The van der Waals surface area contributed by atoms with Gasteiger partial charge in [-0.2, -0.15) is 13.2 Å². The first-order valence-electron chi connectivity index (χ1n) is 12.2. The monoisotopic (exact) mass is 457 g/mol. The Morgan fingerprint density at radius 3 is 2.27 bits per heavy atom. The number of hydrogen-bond donors (Lipinski definition) is 1. The van der Waals surface area contributed by atoms with Crippen LogP contribution in [0.1, 0.15) is 116 Å². The lowest BCUT2D eigenvalue weighted by Gasteiger charge is -2.34. The van der Waals surface area contributed by atoms with Crippen molar-refractivity contribution in [1.29, 1.82) is 0 Å². The number of halogens is 3. The zero-order valence-electron chi connectivity index (χ0n) is 19.1. The van der Waals surface area contributed by atoms with Gasteiger partial charge in [0, 0.05) is 22.5 Å². The predicted octanol–water partition coefficient (Wildman–Crippen LogP) is 6.87. The third-order valence-corrected chi connectivity index (χ3v) is 8.40. The molecule has 33 heavy (non-hydrogen) atoms. The van der Waals surface area contributed by atoms with Crippen LogP contribution in [0.25, 0.3) is 0 Å². The summed E-state index contributed by atoms with van der Waals surface area (Å²) in [6.07, 6.45) is 2.46. The quantitative estimate of drug-likeness (QED) is 0.535. The molecule has 2 aromatic rings. The Labute approximate surface area is 192 Å². The molecule has 2 spiro atoms. The van der Waals surface area contributed by atoms with Crippen LogP contribution in [-0.2, 0) is 22.9 Å². The molecular formula is C27H30F3NO2. The van der Waals surface area contributed by atoms with Gasteiger partial charge >= 0.3 is 6.18 Å². The zero-order valence-corrected chi connectivity index (χ0v) is 19.1. The Hall–Kier alpha value is -1.92. The number of aliphatic hydroxyl groups excluding tert-OH is 1. The minimum atomic E-state index is -4.37. The van der Waals surface area contributed by atoms with Crippen molar-refractivity contribution in [3.63, 3.8) is 0 Å². The van der Waals surface area contributed by atoms with Gasteiger partial charge in [-0.3, -0.25) is 4.98 Å². The first kappa shape index (κ1) is 21.6. The van der Waals surface area contributed by atoms with Crippen LogP contribution >= 0.6 is 0 Å². The molecule has 0 radical (unpaired) electrons. The summed E-state index contributed by atoms with van der Waals surface area (Å²) in [5.41, 5.74) is 4.87.